The van der Waals surface area contributed by atoms with Crippen LogP contribution in [-0.4, -0.2) is 45.3 Å². The fraction of sp³-hybridized carbons (Fsp3) is 0.250. The fourth-order valence-electron chi connectivity index (χ4n) is 3.00. The van der Waals surface area contributed by atoms with Gasteiger partial charge in [-0.2, -0.15) is 0 Å². The number of H-pyrrole nitrogens is 1. The molecule has 1 aromatic heterocycles. The van der Waals surface area contributed by atoms with Crippen LogP contribution in [0.4, 0.5) is 8.78 Å². The minimum Gasteiger partial charge on any atom is -0.361 e. The number of aromatic nitrogens is 1. The lowest BCUT2D eigenvalue weighted by molar-refractivity contribution is 0.566. The van der Waals surface area contributed by atoms with Gasteiger partial charge in [-0.3, -0.25) is 4.99 Å². The largest absolute Gasteiger partial charge is 0.361 e. The Morgan fingerprint density at radius 3 is 2.62 bits per heavy atom. The number of halogens is 2. The highest BCUT2D eigenvalue weighted by atomic mass is 32.2. The lowest BCUT2D eigenvalue weighted by Gasteiger charge is -2.12. The summed E-state index contributed by atoms with van der Waals surface area (Å²) in [5, 5.41) is 6.82. The third-order valence-corrected chi connectivity index (χ3v) is 6.22. The van der Waals surface area contributed by atoms with E-state index >= 15 is 0 Å². The Hall–Kier alpha value is -2.94. The van der Waals surface area contributed by atoms with Crippen LogP contribution in [0.1, 0.15) is 5.56 Å². The molecule has 0 saturated carbocycles. The van der Waals surface area contributed by atoms with Gasteiger partial charge in [-0.1, -0.05) is 12.1 Å². The molecular formula is C20H22F2N4O2S. The predicted octanol–water partition coefficient (Wildman–Crippen LogP) is 2.63. The zero-order valence-corrected chi connectivity index (χ0v) is 16.7. The second kappa shape index (κ2) is 9.04. The number of nitrogens with zero attached hydrogens (tertiary/aromatic N) is 1. The Balaban J connectivity index is 1.51. The number of hydrogen-bond donors (Lipinski definition) is 3. The van der Waals surface area contributed by atoms with Crippen molar-refractivity contribution < 1.29 is 17.2 Å². The van der Waals surface area contributed by atoms with E-state index in [1.165, 1.54) is 30.3 Å². The molecule has 0 amide bonds. The summed E-state index contributed by atoms with van der Waals surface area (Å²) in [7, 11) is -2.17. The second-order valence-corrected chi connectivity index (χ2v) is 8.51. The third-order valence-electron chi connectivity index (χ3n) is 4.47. The van der Waals surface area contributed by atoms with Gasteiger partial charge in [0.2, 0.25) is 0 Å². The Morgan fingerprint density at radius 1 is 1.10 bits per heavy atom. The van der Waals surface area contributed by atoms with E-state index < -0.39 is 15.7 Å². The highest BCUT2D eigenvalue weighted by Crippen LogP contribution is 2.19. The molecule has 0 aliphatic rings. The van der Waals surface area contributed by atoms with E-state index in [1.54, 1.807) is 13.1 Å². The molecule has 1 heterocycles. The topological polar surface area (TPSA) is 86.3 Å². The first-order valence-corrected chi connectivity index (χ1v) is 10.7. The zero-order valence-electron chi connectivity index (χ0n) is 15.9. The molecule has 2 aromatic carbocycles. The maximum absolute atomic E-state index is 13.7. The van der Waals surface area contributed by atoms with Crippen molar-refractivity contribution in [1.29, 1.82) is 0 Å². The van der Waals surface area contributed by atoms with Gasteiger partial charge in [0.25, 0.3) is 0 Å². The molecule has 3 rings (SSSR count). The van der Waals surface area contributed by atoms with Crippen LogP contribution in [0.25, 0.3) is 10.9 Å². The van der Waals surface area contributed by atoms with E-state index in [0.29, 0.717) is 18.9 Å². The van der Waals surface area contributed by atoms with E-state index in [2.05, 4.69) is 20.6 Å². The van der Waals surface area contributed by atoms with Crippen LogP contribution in [-0.2, 0) is 16.3 Å². The Labute approximate surface area is 168 Å². The number of sulfone groups is 1. The maximum atomic E-state index is 13.7. The summed E-state index contributed by atoms with van der Waals surface area (Å²) in [6.07, 6.45) is 2.46. The molecule has 0 spiro atoms. The molecule has 0 saturated heterocycles. The van der Waals surface area contributed by atoms with E-state index in [0.717, 1.165) is 22.5 Å². The van der Waals surface area contributed by atoms with Crippen molar-refractivity contribution in [2.75, 3.05) is 25.9 Å². The maximum Gasteiger partial charge on any atom is 0.191 e. The van der Waals surface area contributed by atoms with E-state index in [9.17, 15) is 17.2 Å². The van der Waals surface area contributed by atoms with E-state index in [1.807, 2.05) is 6.20 Å². The van der Waals surface area contributed by atoms with Crippen molar-refractivity contribution in [3.8, 4) is 0 Å². The molecule has 9 heteroatoms. The molecule has 0 radical (unpaired) electrons. The quantitative estimate of drug-likeness (QED) is 0.405. The molecule has 0 unspecified atom stereocenters. The standard InChI is InChI=1S/C20H22F2N4O2S/c1-23-20(25-10-11-29(27,28)19-5-3-2-4-17(19)22)24-9-8-14-13-26-18-7-6-15(21)12-16(14)18/h2-7,12-13,26H,8-11H2,1H3,(H2,23,24,25). The molecule has 0 bridgehead atoms. The van der Waals surface area contributed by atoms with Gasteiger partial charge in [0.15, 0.2) is 15.8 Å². The molecule has 0 aliphatic heterocycles. The highest BCUT2D eigenvalue weighted by Gasteiger charge is 2.18. The van der Waals surface area contributed by atoms with Crippen molar-refractivity contribution in [2.45, 2.75) is 11.3 Å². The summed E-state index contributed by atoms with van der Waals surface area (Å²) in [5.74, 6) is -0.888. The second-order valence-electron chi connectivity index (χ2n) is 6.43. The molecule has 3 aromatic rings. The normalized spacial score (nSPS) is 12.3. The van der Waals surface area contributed by atoms with E-state index in [-0.39, 0.29) is 23.0 Å². The number of rotatable bonds is 7. The van der Waals surface area contributed by atoms with Crippen LogP contribution in [0.3, 0.4) is 0 Å². The summed E-state index contributed by atoms with van der Waals surface area (Å²) >= 11 is 0. The molecule has 0 atom stereocenters. The molecule has 0 aliphatic carbocycles. The number of aromatic amines is 1. The van der Waals surface area contributed by atoms with Gasteiger partial charge in [0.1, 0.15) is 16.5 Å². The monoisotopic (exact) mass is 420 g/mol. The SMILES string of the molecule is CN=C(NCCc1c[nH]c2ccc(F)cc12)NCCS(=O)(=O)c1ccccc1F. The first kappa shape index (κ1) is 20.8. The van der Waals surface area contributed by atoms with E-state index in [4.69, 9.17) is 0 Å². The molecule has 3 N–H and O–H groups in total. The third kappa shape index (κ3) is 5.11. The summed E-state index contributed by atoms with van der Waals surface area (Å²) < 4.78 is 51.7. The van der Waals surface area contributed by atoms with Crippen LogP contribution < -0.4 is 10.6 Å². The lowest BCUT2D eigenvalue weighted by Crippen LogP contribution is -2.40. The Morgan fingerprint density at radius 2 is 1.86 bits per heavy atom. The zero-order chi connectivity index (χ0) is 20.9. The van der Waals surface area contributed by atoms with Crippen LogP contribution in [0.15, 0.2) is 58.5 Å². The van der Waals surface area contributed by atoms with Crippen LogP contribution in [0.2, 0.25) is 0 Å². The smallest absolute Gasteiger partial charge is 0.191 e. The summed E-state index contributed by atoms with van der Waals surface area (Å²) in [6.45, 7) is 0.595. The molecule has 29 heavy (non-hydrogen) atoms. The van der Waals surface area contributed by atoms with Gasteiger partial charge in [0, 0.05) is 37.2 Å². The Kier molecular flexibility index (Phi) is 6.48. The predicted molar refractivity (Wildman–Crippen MR) is 110 cm³/mol. The lowest BCUT2D eigenvalue weighted by atomic mass is 10.1. The molecule has 154 valence electrons. The van der Waals surface area contributed by atoms with Gasteiger partial charge in [0.05, 0.1) is 5.75 Å². The average Bonchev–Trinajstić information content (AvgIpc) is 3.09. The van der Waals surface area contributed by atoms with Gasteiger partial charge < -0.3 is 15.6 Å². The van der Waals surface area contributed by atoms with Crippen molar-refractivity contribution in [3.63, 3.8) is 0 Å². The Bertz CT molecular complexity index is 1130. The highest BCUT2D eigenvalue weighted by molar-refractivity contribution is 7.91. The minimum atomic E-state index is -3.74. The van der Waals surface area contributed by atoms with Gasteiger partial charge in [-0.15, -0.1) is 0 Å². The van der Waals surface area contributed by atoms with Crippen molar-refractivity contribution in [3.05, 3.63) is 65.9 Å². The summed E-state index contributed by atoms with van der Waals surface area (Å²) in [5.41, 5.74) is 1.83. The molecule has 0 fully saturated rings. The number of benzene rings is 2. The number of guanidine groups is 1. The summed E-state index contributed by atoms with van der Waals surface area (Å²) in [6, 6.07) is 9.89. The first-order valence-electron chi connectivity index (χ1n) is 9.08. The summed E-state index contributed by atoms with van der Waals surface area (Å²) in [4.78, 5) is 6.84. The van der Waals surface area contributed by atoms with Crippen LogP contribution in [0, 0.1) is 11.6 Å². The number of fused-ring (bicyclic) bond motifs is 1. The first-order chi connectivity index (χ1) is 13.9. The van der Waals surface area contributed by atoms with Crippen molar-refractivity contribution in [2.24, 2.45) is 4.99 Å². The fourth-order valence-corrected chi connectivity index (χ4v) is 4.25. The minimum absolute atomic E-state index is 0.0780. The van der Waals surface area contributed by atoms with Gasteiger partial charge in [-0.05, 0) is 42.3 Å². The number of aliphatic imine (C=N–C) groups is 1. The number of nitrogens with one attached hydrogen (secondary N) is 3. The van der Waals surface area contributed by atoms with Crippen molar-refractivity contribution in [1.82, 2.24) is 15.6 Å². The van der Waals surface area contributed by atoms with Gasteiger partial charge in [-0.25, -0.2) is 17.2 Å². The van der Waals surface area contributed by atoms with Crippen molar-refractivity contribution >= 4 is 26.7 Å². The molecular weight excluding hydrogens is 398 g/mol. The number of hydrogen-bond acceptors (Lipinski definition) is 3. The molecule has 6 nitrogen and oxygen atoms in total. The van der Waals surface area contributed by atoms with Gasteiger partial charge >= 0.3 is 0 Å². The van der Waals surface area contributed by atoms with Crippen LogP contribution >= 0.6 is 0 Å². The average molecular weight is 420 g/mol. The van der Waals surface area contributed by atoms with Crippen LogP contribution in [0.5, 0.6) is 0 Å².